The maximum atomic E-state index is 6.18. The molecule has 0 aromatic heterocycles. The van der Waals surface area contributed by atoms with Crippen LogP contribution in [-0.2, 0) is 0 Å². The first-order chi connectivity index (χ1) is 8.09. The summed E-state index contributed by atoms with van der Waals surface area (Å²) in [6.07, 6.45) is 1.19. The molecule has 0 aliphatic heterocycles. The molecule has 0 fully saturated rings. The smallest absolute Gasteiger partial charge is 0.0424 e. The Bertz CT molecular complexity index is 298. The van der Waals surface area contributed by atoms with Gasteiger partial charge in [0, 0.05) is 12.6 Å². The molecule has 0 bridgehead atoms. The molecule has 0 radical (unpaired) electrons. The van der Waals surface area contributed by atoms with E-state index in [2.05, 4.69) is 43.1 Å². The van der Waals surface area contributed by atoms with Crippen LogP contribution >= 0.6 is 0 Å². The Labute approximate surface area is 105 Å². The van der Waals surface area contributed by atoms with Gasteiger partial charge in [-0.15, -0.1) is 0 Å². The van der Waals surface area contributed by atoms with E-state index >= 15 is 0 Å². The van der Waals surface area contributed by atoms with Crippen LogP contribution in [0.4, 0.5) is 0 Å². The topological polar surface area (TPSA) is 32.5 Å². The van der Waals surface area contributed by atoms with Gasteiger partial charge in [-0.05, 0) is 46.2 Å². The highest BCUT2D eigenvalue weighted by atomic mass is 15.1. The molecule has 1 atom stereocenters. The van der Waals surface area contributed by atoms with Crippen LogP contribution in [0.5, 0.6) is 0 Å². The van der Waals surface area contributed by atoms with E-state index < -0.39 is 0 Å². The van der Waals surface area contributed by atoms with Gasteiger partial charge in [0.25, 0.3) is 0 Å². The Morgan fingerprint density at radius 3 is 2.29 bits per heavy atom. The second-order valence-corrected chi connectivity index (χ2v) is 4.94. The van der Waals surface area contributed by atoms with Gasteiger partial charge in [-0.1, -0.05) is 30.3 Å². The Hall–Kier alpha value is -0.900. The summed E-state index contributed by atoms with van der Waals surface area (Å²) in [5.74, 6) is 0. The highest BCUT2D eigenvalue weighted by Crippen LogP contribution is 2.10. The number of likely N-dealkylation sites (N-methyl/N-ethyl adjacent to an activating group) is 1. The van der Waals surface area contributed by atoms with Gasteiger partial charge >= 0.3 is 0 Å². The van der Waals surface area contributed by atoms with Crippen molar-refractivity contribution < 1.29 is 0 Å². The Balaban J connectivity index is 2.28. The number of hydrogen-bond acceptors (Lipinski definition) is 3. The zero-order valence-corrected chi connectivity index (χ0v) is 11.3. The molecule has 0 spiro atoms. The minimum absolute atomic E-state index is 0.112. The van der Waals surface area contributed by atoms with Gasteiger partial charge in [0.1, 0.15) is 0 Å². The van der Waals surface area contributed by atoms with E-state index in [4.69, 9.17) is 5.73 Å². The molecule has 17 heavy (non-hydrogen) atoms. The molecule has 1 aromatic rings. The lowest BCUT2D eigenvalue weighted by Crippen LogP contribution is -2.31. The van der Waals surface area contributed by atoms with E-state index in [1.165, 1.54) is 12.0 Å². The molecular weight excluding hydrogens is 210 g/mol. The van der Waals surface area contributed by atoms with Gasteiger partial charge in [-0.3, -0.25) is 0 Å². The van der Waals surface area contributed by atoms with Gasteiger partial charge in [0.15, 0.2) is 0 Å². The first kappa shape index (κ1) is 14.2. The molecule has 0 aliphatic rings. The van der Waals surface area contributed by atoms with Crippen LogP contribution in [0.1, 0.15) is 18.0 Å². The van der Waals surface area contributed by atoms with E-state index in [0.717, 1.165) is 19.6 Å². The van der Waals surface area contributed by atoms with Gasteiger partial charge in [-0.2, -0.15) is 0 Å². The molecule has 96 valence electrons. The molecular formula is C14H25N3. The second-order valence-electron chi connectivity index (χ2n) is 4.94. The van der Waals surface area contributed by atoms with Crippen molar-refractivity contribution in [2.24, 2.45) is 5.73 Å². The summed E-state index contributed by atoms with van der Waals surface area (Å²) in [6, 6.07) is 10.4. The van der Waals surface area contributed by atoms with Gasteiger partial charge in [0.2, 0.25) is 0 Å². The van der Waals surface area contributed by atoms with Gasteiger partial charge in [0.05, 0.1) is 0 Å². The predicted molar refractivity (Wildman–Crippen MR) is 74.0 cm³/mol. The molecule has 0 saturated heterocycles. The summed E-state index contributed by atoms with van der Waals surface area (Å²) in [5.41, 5.74) is 7.39. The molecule has 1 unspecified atom stereocenters. The molecule has 3 nitrogen and oxygen atoms in total. The largest absolute Gasteiger partial charge is 0.323 e. The highest BCUT2D eigenvalue weighted by molar-refractivity contribution is 5.18. The first-order valence-electron chi connectivity index (χ1n) is 6.23. The van der Waals surface area contributed by atoms with E-state index in [1.54, 1.807) is 0 Å². The van der Waals surface area contributed by atoms with Crippen molar-refractivity contribution in [3.05, 3.63) is 35.9 Å². The number of hydrogen-bond donors (Lipinski definition) is 1. The second kappa shape index (κ2) is 7.43. The highest BCUT2D eigenvalue weighted by Gasteiger charge is 2.08. The van der Waals surface area contributed by atoms with Crippen LogP contribution in [0.3, 0.4) is 0 Å². The normalized spacial score (nSPS) is 13.3. The lowest BCUT2D eigenvalue weighted by Gasteiger charge is -2.22. The van der Waals surface area contributed by atoms with Crippen molar-refractivity contribution >= 4 is 0 Å². The van der Waals surface area contributed by atoms with Crippen molar-refractivity contribution in [3.8, 4) is 0 Å². The summed E-state index contributed by atoms with van der Waals surface area (Å²) >= 11 is 0. The zero-order chi connectivity index (χ0) is 12.7. The fourth-order valence-corrected chi connectivity index (χ4v) is 1.89. The van der Waals surface area contributed by atoms with Crippen molar-refractivity contribution in [1.29, 1.82) is 0 Å². The minimum atomic E-state index is 0.112. The molecule has 1 rings (SSSR count). The molecule has 2 N–H and O–H groups in total. The van der Waals surface area contributed by atoms with Crippen molar-refractivity contribution in [2.45, 2.75) is 12.5 Å². The zero-order valence-electron chi connectivity index (χ0n) is 11.3. The molecule has 0 saturated carbocycles. The average molecular weight is 235 g/mol. The summed E-state index contributed by atoms with van der Waals surface area (Å²) in [5, 5.41) is 0. The van der Waals surface area contributed by atoms with E-state index in [-0.39, 0.29) is 6.04 Å². The lowest BCUT2D eigenvalue weighted by atomic mass is 10.1. The van der Waals surface area contributed by atoms with Crippen molar-refractivity contribution in [3.63, 3.8) is 0 Å². The number of nitrogens with zero attached hydrogens (tertiary/aromatic N) is 2. The van der Waals surface area contributed by atoms with Crippen LogP contribution in [0.25, 0.3) is 0 Å². The molecule has 3 heteroatoms. The average Bonchev–Trinajstić information content (AvgIpc) is 2.29. The van der Waals surface area contributed by atoms with E-state index in [1.807, 2.05) is 18.2 Å². The molecule has 0 heterocycles. The quantitative estimate of drug-likeness (QED) is 0.778. The summed E-state index contributed by atoms with van der Waals surface area (Å²) < 4.78 is 0. The lowest BCUT2D eigenvalue weighted by molar-refractivity contribution is 0.286. The van der Waals surface area contributed by atoms with Crippen molar-refractivity contribution in [2.75, 3.05) is 40.8 Å². The Kier molecular flexibility index (Phi) is 6.19. The van der Waals surface area contributed by atoms with Crippen LogP contribution in [0, 0.1) is 0 Å². The maximum Gasteiger partial charge on any atom is 0.0424 e. The standard InChI is InChI=1S/C14H25N3/c1-16(2)10-7-11-17(3)12-14(15)13-8-5-4-6-9-13/h4-6,8-9,14H,7,10-12,15H2,1-3H3. The minimum Gasteiger partial charge on any atom is -0.323 e. The van der Waals surface area contributed by atoms with Crippen molar-refractivity contribution in [1.82, 2.24) is 9.80 Å². The number of benzene rings is 1. The molecule has 0 amide bonds. The summed E-state index contributed by atoms with van der Waals surface area (Å²) in [6.45, 7) is 3.14. The third-order valence-corrected chi connectivity index (χ3v) is 2.88. The molecule has 0 aliphatic carbocycles. The SMILES string of the molecule is CN(C)CCCN(C)CC(N)c1ccccc1. The third kappa shape index (κ3) is 5.82. The Morgan fingerprint density at radius 1 is 1.06 bits per heavy atom. The summed E-state index contributed by atoms with van der Waals surface area (Å²) in [4.78, 5) is 4.52. The van der Waals surface area contributed by atoms with Crippen LogP contribution < -0.4 is 5.73 Å². The van der Waals surface area contributed by atoms with E-state index in [0.29, 0.717) is 0 Å². The van der Waals surface area contributed by atoms with Gasteiger partial charge < -0.3 is 15.5 Å². The van der Waals surface area contributed by atoms with Crippen LogP contribution in [0.2, 0.25) is 0 Å². The fraction of sp³-hybridized carbons (Fsp3) is 0.571. The van der Waals surface area contributed by atoms with Crippen LogP contribution in [0.15, 0.2) is 30.3 Å². The maximum absolute atomic E-state index is 6.18. The molecule has 1 aromatic carbocycles. The summed E-state index contributed by atoms with van der Waals surface area (Å²) in [7, 11) is 6.35. The van der Waals surface area contributed by atoms with E-state index in [9.17, 15) is 0 Å². The first-order valence-corrected chi connectivity index (χ1v) is 6.23. The third-order valence-electron chi connectivity index (χ3n) is 2.88. The monoisotopic (exact) mass is 235 g/mol. The van der Waals surface area contributed by atoms with Gasteiger partial charge in [-0.25, -0.2) is 0 Å². The van der Waals surface area contributed by atoms with Crippen LogP contribution in [-0.4, -0.2) is 50.6 Å². The predicted octanol–water partition coefficient (Wildman–Crippen LogP) is 1.57. The Morgan fingerprint density at radius 2 is 1.71 bits per heavy atom. The number of rotatable bonds is 7. The fourth-order valence-electron chi connectivity index (χ4n) is 1.89. The number of nitrogens with two attached hydrogens (primary N) is 1.